The number of thiazole rings is 1. The summed E-state index contributed by atoms with van der Waals surface area (Å²) in [5.74, 6) is 0.198. The van der Waals surface area contributed by atoms with Gasteiger partial charge in [0.05, 0.1) is 17.4 Å². The zero-order valence-electron chi connectivity index (χ0n) is 17.5. The van der Waals surface area contributed by atoms with E-state index in [2.05, 4.69) is 25.8 Å². The molecule has 0 saturated heterocycles. The topological polar surface area (TPSA) is 102 Å². The van der Waals surface area contributed by atoms with Crippen molar-refractivity contribution in [2.45, 2.75) is 44.5 Å². The monoisotopic (exact) mass is 444 g/mol. The Morgan fingerprint density at radius 2 is 1.93 bits per heavy atom. The van der Waals surface area contributed by atoms with Gasteiger partial charge in [-0.05, 0) is 51.0 Å². The summed E-state index contributed by atoms with van der Waals surface area (Å²) < 4.78 is 1.74. The van der Waals surface area contributed by atoms with Gasteiger partial charge in [0.1, 0.15) is 5.82 Å². The van der Waals surface area contributed by atoms with Crippen LogP contribution in [0, 0.1) is 20.8 Å². The molecule has 0 saturated carbocycles. The van der Waals surface area contributed by atoms with Gasteiger partial charge < -0.3 is 15.2 Å². The normalized spacial score (nSPS) is 11.9. The molecule has 0 radical (unpaired) electrons. The lowest BCUT2D eigenvalue weighted by molar-refractivity contribution is -0.116. The van der Waals surface area contributed by atoms with Gasteiger partial charge in [-0.3, -0.25) is 9.59 Å². The van der Waals surface area contributed by atoms with Gasteiger partial charge in [-0.2, -0.15) is 0 Å². The lowest BCUT2D eigenvalue weighted by atomic mass is 10.1. The van der Waals surface area contributed by atoms with E-state index in [0.717, 1.165) is 16.9 Å². The van der Waals surface area contributed by atoms with E-state index in [9.17, 15) is 9.59 Å². The summed E-state index contributed by atoms with van der Waals surface area (Å²) in [6, 6.07) is 5.79. The SMILES string of the molecule is Cc1csc(NC(=O)C(C)Sc2nnc(CC(=O)Nc3ccc(C)c(C)c3)n2C)n1. The molecule has 2 aromatic heterocycles. The Morgan fingerprint density at radius 3 is 2.60 bits per heavy atom. The maximum atomic E-state index is 12.4. The number of benzene rings is 1. The number of hydrogen-bond donors (Lipinski definition) is 2. The van der Waals surface area contributed by atoms with Crippen LogP contribution < -0.4 is 10.6 Å². The van der Waals surface area contributed by atoms with Crippen LogP contribution in [0.5, 0.6) is 0 Å². The highest BCUT2D eigenvalue weighted by atomic mass is 32.2. The molecule has 0 aliphatic heterocycles. The average Bonchev–Trinajstić information content (AvgIpc) is 3.24. The van der Waals surface area contributed by atoms with E-state index >= 15 is 0 Å². The van der Waals surface area contributed by atoms with E-state index in [4.69, 9.17) is 0 Å². The number of carbonyl (C=O) groups is 2. The largest absolute Gasteiger partial charge is 0.326 e. The van der Waals surface area contributed by atoms with Crippen LogP contribution in [0.2, 0.25) is 0 Å². The number of carbonyl (C=O) groups excluding carboxylic acids is 2. The third-order valence-electron chi connectivity index (χ3n) is 4.53. The van der Waals surface area contributed by atoms with Gasteiger partial charge in [0.15, 0.2) is 10.3 Å². The van der Waals surface area contributed by atoms with Gasteiger partial charge in [-0.1, -0.05) is 17.8 Å². The molecule has 0 spiro atoms. The Kier molecular flexibility index (Phi) is 6.88. The first-order chi connectivity index (χ1) is 14.2. The first kappa shape index (κ1) is 22.0. The highest BCUT2D eigenvalue weighted by molar-refractivity contribution is 8.00. The fourth-order valence-electron chi connectivity index (χ4n) is 2.60. The van der Waals surface area contributed by atoms with Gasteiger partial charge >= 0.3 is 0 Å². The van der Waals surface area contributed by atoms with E-state index in [-0.39, 0.29) is 18.2 Å². The van der Waals surface area contributed by atoms with Crippen molar-refractivity contribution in [1.29, 1.82) is 0 Å². The van der Waals surface area contributed by atoms with Crippen molar-refractivity contribution in [3.63, 3.8) is 0 Å². The van der Waals surface area contributed by atoms with E-state index < -0.39 is 5.25 Å². The molecule has 10 heteroatoms. The molecular formula is C20H24N6O2S2. The molecule has 3 rings (SSSR count). The third-order valence-corrected chi connectivity index (χ3v) is 6.54. The Hall–Kier alpha value is -2.72. The highest BCUT2D eigenvalue weighted by Crippen LogP contribution is 2.24. The van der Waals surface area contributed by atoms with Crippen LogP contribution in [-0.2, 0) is 23.1 Å². The fourth-order valence-corrected chi connectivity index (χ4v) is 4.12. The second kappa shape index (κ2) is 9.40. The van der Waals surface area contributed by atoms with Crippen molar-refractivity contribution in [3.8, 4) is 0 Å². The summed E-state index contributed by atoms with van der Waals surface area (Å²) in [7, 11) is 1.79. The number of thioether (sulfide) groups is 1. The van der Waals surface area contributed by atoms with Crippen LogP contribution in [0.1, 0.15) is 29.6 Å². The summed E-state index contributed by atoms with van der Waals surface area (Å²) in [6.45, 7) is 7.70. The van der Waals surface area contributed by atoms with Crippen LogP contribution in [0.3, 0.4) is 0 Å². The fraction of sp³-hybridized carbons (Fsp3) is 0.350. The summed E-state index contributed by atoms with van der Waals surface area (Å²) in [5, 5.41) is 16.6. The molecular weight excluding hydrogens is 420 g/mol. The van der Waals surface area contributed by atoms with E-state index in [1.54, 1.807) is 18.5 Å². The Morgan fingerprint density at radius 1 is 1.17 bits per heavy atom. The van der Waals surface area contributed by atoms with Crippen LogP contribution in [0.15, 0.2) is 28.7 Å². The zero-order valence-corrected chi connectivity index (χ0v) is 19.1. The zero-order chi connectivity index (χ0) is 21.8. The van der Waals surface area contributed by atoms with Crippen LogP contribution in [0.25, 0.3) is 0 Å². The van der Waals surface area contributed by atoms with E-state index in [1.165, 1.54) is 28.7 Å². The maximum absolute atomic E-state index is 12.4. The third kappa shape index (κ3) is 5.45. The molecule has 2 heterocycles. The molecule has 0 fully saturated rings. The standard InChI is InChI=1S/C20H24N6O2S2/c1-11-6-7-15(8-12(11)2)22-17(27)9-16-24-25-20(26(16)5)30-14(4)18(28)23-19-21-13(3)10-29-19/h6-8,10,14H,9H2,1-5H3,(H,22,27)(H,21,23,28). The Bertz CT molecular complexity index is 1080. The second-order valence-corrected chi connectivity index (χ2v) is 9.19. The predicted octanol–water partition coefficient (Wildman–Crippen LogP) is 3.50. The van der Waals surface area contributed by atoms with Gasteiger partial charge in [0, 0.05) is 18.1 Å². The lowest BCUT2D eigenvalue weighted by Crippen LogP contribution is -2.23. The predicted molar refractivity (Wildman–Crippen MR) is 120 cm³/mol. The van der Waals surface area contributed by atoms with Gasteiger partial charge in [0.25, 0.3) is 0 Å². The number of anilines is 2. The van der Waals surface area contributed by atoms with Crippen molar-refractivity contribution in [3.05, 3.63) is 46.2 Å². The molecule has 3 aromatic rings. The molecule has 0 aliphatic carbocycles. The van der Waals surface area contributed by atoms with Crippen LogP contribution in [0.4, 0.5) is 10.8 Å². The van der Waals surface area contributed by atoms with Crippen LogP contribution >= 0.6 is 23.1 Å². The molecule has 1 atom stereocenters. The highest BCUT2D eigenvalue weighted by Gasteiger charge is 2.20. The smallest absolute Gasteiger partial charge is 0.239 e. The Balaban J connectivity index is 1.58. The molecule has 8 nitrogen and oxygen atoms in total. The number of nitrogens with zero attached hydrogens (tertiary/aromatic N) is 4. The second-order valence-electron chi connectivity index (χ2n) is 7.03. The first-order valence-electron chi connectivity index (χ1n) is 9.38. The molecule has 1 aromatic carbocycles. The number of nitrogens with one attached hydrogen (secondary N) is 2. The van der Waals surface area contributed by atoms with Crippen molar-refractivity contribution in [1.82, 2.24) is 19.7 Å². The molecule has 1 unspecified atom stereocenters. The summed E-state index contributed by atoms with van der Waals surface area (Å²) >= 11 is 2.67. The number of rotatable bonds is 7. The minimum Gasteiger partial charge on any atom is -0.326 e. The molecule has 2 amide bonds. The number of aryl methyl sites for hydroxylation is 3. The molecule has 30 heavy (non-hydrogen) atoms. The summed E-state index contributed by atoms with van der Waals surface area (Å²) in [5.41, 5.74) is 3.91. The van der Waals surface area contributed by atoms with Crippen molar-refractivity contribution in [2.75, 3.05) is 10.6 Å². The number of hydrogen-bond acceptors (Lipinski definition) is 7. The van der Waals surface area contributed by atoms with Gasteiger partial charge in [-0.15, -0.1) is 21.5 Å². The molecule has 2 N–H and O–H groups in total. The average molecular weight is 445 g/mol. The van der Waals surface area contributed by atoms with E-state index in [0.29, 0.717) is 16.1 Å². The minimum atomic E-state index is -0.394. The summed E-state index contributed by atoms with van der Waals surface area (Å²) in [6.07, 6.45) is 0.0932. The minimum absolute atomic E-state index is 0.0932. The van der Waals surface area contributed by atoms with Gasteiger partial charge in [-0.25, -0.2) is 4.98 Å². The molecule has 158 valence electrons. The van der Waals surface area contributed by atoms with Gasteiger partial charge in [0.2, 0.25) is 11.8 Å². The van der Waals surface area contributed by atoms with Crippen LogP contribution in [-0.4, -0.2) is 36.8 Å². The van der Waals surface area contributed by atoms with Crippen molar-refractivity contribution < 1.29 is 9.59 Å². The number of amides is 2. The first-order valence-corrected chi connectivity index (χ1v) is 11.1. The van der Waals surface area contributed by atoms with Crippen molar-refractivity contribution >= 4 is 45.7 Å². The number of aromatic nitrogens is 4. The Labute approximate surface area is 183 Å². The summed E-state index contributed by atoms with van der Waals surface area (Å²) in [4.78, 5) is 29.0. The van der Waals surface area contributed by atoms with E-state index in [1.807, 2.05) is 44.4 Å². The quantitative estimate of drug-likeness (QED) is 0.541. The molecule has 0 bridgehead atoms. The maximum Gasteiger partial charge on any atom is 0.239 e. The lowest BCUT2D eigenvalue weighted by Gasteiger charge is -2.10. The molecule has 0 aliphatic rings. The van der Waals surface area contributed by atoms with Crippen molar-refractivity contribution in [2.24, 2.45) is 7.05 Å².